The van der Waals surface area contributed by atoms with Crippen LogP contribution in [0.2, 0.25) is 0 Å². The van der Waals surface area contributed by atoms with Gasteiger partial charge in [-0.05, 0) is 64.4 Å². The lowest BCUT2D eigenvalue weighted by molar-refractivity contribution is -0.287. The lowest BCUT2D eigenvalue weighted by atomic mass is 9.80. The number of nitrogens with one attached hydrogen (secondary N) is 2. The van der Waals surface area contributed by atoms with Crippen molar-refractivity contribution in [3.8, 4) is 17.1 Å². The summed E-state index contributed by atoms with van der Waals surface area (Å²) < 4.78 is 65.5. The molecule has 3 aliphatic rings. The van der Waals surface area contributed by atoms with E-state index in [9.17, 15) is 27.2 Å². The number of carbonyl (C=O) groups excluding carboxylic acids is 2. The fourth-order valence-corrected chi connectivity index (χ4v) is 6.13. The van der Waals surface area contributed by atoms with Crippen molar-refractivity contribution in [3.05, 3.63) is 29.8 Å². The summed E-state index contributed by atoms with van der Waals surface area (Å²) in [6.45, 7) is 1.88. The van der Waals surface area contributed by atoms with Gasteiger partial charge in [0.15, 0.2) is 17.1 Å². The topological polar surface area (TPSA) is 109 Å². The highest BCUT2D eigenvalue weighted by atomic mass is 19.4. The van der Waals surface area contributed by atoms with E-state index in [1.54, 1.807) is 11.8 Å². The summed E-state index contributed by atoms with van der Waals surface area (Å²) in [6.07, 6.45) is -0.986. The number of nitrogens with zero attached hydrogens (tertiary/aromatic N) is 3. The molecule has 2 aliphatic carbocycles. The van der Waals surface area contributed by atoms with Crippen LogP contribution < -0.4 is 10.1 Å². The number of alkyl halides is 3. The van der Waals surface area contributed by atoms with Gasteiger partial charge in [-0.15, -0.1) is 0 Å². The number of hydrogen-bond acceptors (Lipinski definition) is 6. The summed E-state index contributed by atoms with van der Waals surface area (Å²) in [4.78, 5) is 32.1. The number of aromatic amines is 1. The largest absolute Gasteiger partial charge is 0.481 e. The number of methoxy groups -OCH3 is 1. The first-order valence-electron chi connectivity index (χ1n) is 13.6. The zero-order valence-electron chi connectivity index (χ0n) is 22.4. The first kappa shape index (κ1) is 28.3. The monoisotopic (exact) mass is 567 g/mol. The normalized spacial score (nSPS) is 26.0. The van der Waals surface area contributed by atoms with Gasteiger partial charge in [-0.1, -0.05) is 0 Å². The Hall–Kier alpha value is -3.22. The zero-order chi connectivity index (χ0) is 28.7. The van der Waals surface area contributed by atoms with Crippen molar-refractivity contribution in [1.82, 2.24) is 25.4 Å². The van der Waals surface area contributed by atoms with E-state index in [4.69, 9.17) is 9.47 Å². The third-order valence-corrected chi connectivity index (χ3v) is 8.55. The molecule has 2 amide bonds. The molecule has 2 N–H and O–H groups in total. The van der Waals surface area contributed by atoms with Crippen LogP contribution in [-0.4, -0.2) is 75.5 Å². The molecule has 3 fully saturated rings. The number of likely N-dealkylation sites (tertiary alicyclic amines) is 1. The molecule has 5 rings (SSSR count). The van der Waals surface area contributed by atoms with Gasteiger partial charge in [-0.25, -0.2) is 9.37 Å². The second-order valence-corrected chi connectivity index (χ2v) is 11.0. The van der Waals surface area contributed by atoms with Crippen molar-refractivity contribution in [1.29, 1.82) is 0 Å². The molecule has 13 heteroatoms. The Balaban J connectivity index is 1.20. The average Bonchev–Trinajstić information content (AvgIpc) is 3.50. The van der Waals surface area contributed by atoms with Crippen molar-refractivity contribution >= 4 is 11.8 Å². The van der Waals surface area contributed by atoms with Crippen LogP contribution in [0, 0.1) is 11.7 Å². The lowest BCUT2D eigenvalue weighted by Crippen LogP contribution is -2.55. The van der Waals surface area contributed by atoms with E-state index in [1.807, 2.05) is 0 Å². The Bertz CT molecular complexity index is 1250. The van der Waals surface area contributed by atoms with Crippen LogP contribution in [0.15, 0.2) is 18.3 Å². The van der Waals surface area contributed by atoms with Gasteiger partial charge in [0.2, 0.25) is 11.8 Å². The van der Waals surface area contributed by atoms with Gasteiger partial charge in [-0.2, -0.15) is 18.3 Å². The summed E-state index contributed by atoms with van der Waals surface area (Å²) in [5, 5.41) is 9.79. The number of hydrogen-bond donors (Lipinski definition) is 2. The molecule has 0 radical (unpaired) electrons. The molecule has 2 saturated carbocycles. The molecule has 0 aromatic carbocycles. The summed E-state index contributed by atoms with van der Waals surface area (Å²) in [5.41, 5.74) is -1.97. The number of amides is 2. The van der Waals surface area contributed by atoms with Crippen LogP contribution in [0.1, 0.15) is 68.8 Å². The second kappa shape index (κ2) is 10.6. The number of aromatic nitrogens is 3. The Kier molecular flexibility index (Phi) is 7.53. The van der Waals surface area contributed by atoms with Gasteiger partial charge in [0.05, 0.1) is 19.0 Å². The van der Waals surface area contributed by atoms with Crippen molar-refractivity contribution in [2.24, 2.45) is 5.92 Å². The van der Waals surface area contributed by atoms with Crippen LogP contribution in [-0.2, 0) is 9.53 Å². The van der Waals surface area contributed by atoms with E-state index in [0.29, 0.717) is 25.1 Å². The van der Waals surface area contributed by atoms with E-state index in [-0.39, 0.29) is 73.2 Å². The molecule has 1 spiro atoms. The predicted octanol–water partition coefficient (Wildman–Crippen LogP) is 4.40. The standard InChI is InChI=1S/C27H33F4N5O4/c1-3-40-26(27(29,30)31)7-4-17(5-8-26)33-23(37)16-6-11-36(25(14-16)9-10-25)24(38)21-13-20(34-35-21)18-12-22(39-2)32-15-19(18)28/h12-13,15-17H,3-11,14H2,1-2H3,(H,33,37)(H,34,35)/t16-,17-,26-/m1/s1. The van der Waals surface area contributed by atoms with Gasteiger partial charge < -0.3 is 19.7 Å². The Morgan fingerprint density at radius 2 is 1.90 bits per heavy atom. The van der Waals surface area contributed by atoms with Crippen LogP contribution in [0.25, 0.3) is 11.3 Å². The van der Waals surface area contributed by atoms with E-state index in [1.165, 1.54) is 19.2 Å². The molecule has 0 bridgehead atoms. The number of piperidine rings is 1. The zero-order valence-corrected chi connectivity index (χ0v) is 22.4. The maximum atomic E-state index is 14.3. The van der Waals surface area contributed by atoms with Crippen LogP contribution in [0.3, 0.4) is 0 Å². The number of rotatable bonds is 7. The molecule has 40 heavy (non-hydrogen) atoms. The van der Waals surface area contributed by atoms with E-state index in [0.717, 1.165) is 19.0 Å². The van der Waals surface area contributed by atoms with Gasteiger partial charge in [0.25, 0.3) is 5.91 Å². The number of carbonyl (C=O) groups is 2. The third kappa shape index (κ3) is 5.27. The van der Waals surface area contributed by atoms with Gasteiger partial charge in [0, 0.05) is 42.3 Å². The highest BCUT2D eigenvalue weighted by Crippen LogP contribution is 2.51. The quantitative estimate of drug-likeness (QED) is 0.480. The summed E-state index contributed by atoms with van der Waals surface area (Å²) in [7, 11) is 1.42. The minimum atomic E-state index is -4.45. The molecular formula is C27H33F4N5O4. The Labute approximate surface area is 229 Å². The van der Waals surface area contributed by atoms with Crippen molar-refractivity contribution in [2.75, 3.05) is 20.3 Å². The summed E-state index contributed by atoms with van der Waals surface area (Å²) >= 11 is 0. The van der Waals surface area contributed by atoms with Gasteiger partial charge in [-0.3, -0.25) is 14.7 Å². The number of ether oxygens (including phenoxy) is 2. The average molecular weight is 568 g/mol. The maximum Gasteiger partial charge on any atom is 0.417 e. The van der Waals surface area contributed by atoms with E-state index in [2.05, 4.69) is 20.5 Å². The smallest absolute Gasteiger partial charge is 0.417 e. The fraction of sp³-hybridized carbons (Fsp3) is 0.630. The van der Waals surface area contributed by atoms with E-state index < -0.39 is 23.1 Å². The van der Waals surface area contributed by atoms with E-state index >= 15 is 0 Å². The summed E-state index contributed by atoms with van der Waals surface area (Å²) in [5.74, 6) is -1.18. The number of H-pyrrole nitrogens is 1. The van der Waals surface area contributed by atoms with Crippen LogP contribution in [0.5, 0.6) is 5.88 Å². The number of pyridine rings is 1. The molecule has 1 atom stereocenters. The van der Waals surface area contributed by atoms with Crippen molar-refractivity contribution in [2.45, 2.75) is 81.6 Å². The van der Waals surface area contributed by atoms with Crippen LogP contribution >= 0.6 is 0 Å². The molecule has 1 aliphatic heterocycles. The molecule has 9 nitrogen and oxygen atoms in total. The SMILES string of the molecule is CCO[C@]1(C(F)(F)F)CC[C@@H](NC(=O)[C@@H]2CCN(C(=O)c3cc(-c4cc(OC)ncc4F)[nH]n3)C3(CC3)C2)CC1. The van der Waals surface area contributed by atoms with Gasteiger partial charge >= 0.3 is 6.18 Å². The van der Waals surface area contributed by atoms with Crippen LogP contribution in [0.4, 0.5) is 17.6 Å². The first-order chi connectivity index (χ1) is 19.0. The molecule has 1 saturated heterocycles. The number of halogens is 4. The van der Waals surface area contributed by atoms with Crippen molar-refractivity contribution < 1.29 is 36.6 Å². The minimum Gasteiger partial charge on any atom is -0.481 e. The Morgan fingerprint density at radius 1 is 1.18 bits per heavy atom. The molecule has 3 heterocycles. The molecule has 2 aromatic rings. The molecule has 218 valence electrons. The minimum absolute atomic E-state index is 0.0229. The molecule has 2 aromatic heterocycles. The third-order valence-electron chi connectivity index (χ3n) is 8.55. The predicted molar refractivity (Wildman–Crippen MR) is 135 cm³/mol. The first-order valence-corrected chi connectivity index (χ1v) is 13.6. The second-order valence-electron chi connectivity index (χ2n) is 11.0. The highest BCUT2D eigenvalue weighted by molar-refractivity contribution is 5.94. The Morgan fingerprint density at radius 3 is 2.52 bits per heavy atom. The summed E-state index contributed by atoms with van der Waals surface area (Å²) in [6, 6.07) is 2.56. The van der Waals surface area contributed by atoms with Crippen molar-refractivity contribution in [3.63, 3.8) is 0 Å². The lowest BCUT2D eigenvalue weighted by Gasteiger charge is -2.42. The maximum absolute atomic E-state index is 14.3. The fourth-order valence-electron chi connectivity index (χ4n) is 6.13. The highest BCUT2D eigenvalue weighted by Gasteiger charge is 2.57. The molecular weight excluding hydrogens is 534 g/mol. The molecule has 0 unspecified atom stereocenters. The van der Waals surface area contributed by atoms with Gasteiger partial charge in [0.1, 0.15) is 0 Å².